The van der Waals surface area contributed by atoms with Gasteiger partial charge in [-0.3, -0.25) is 0 Å². The van der Waals surface area contributed by atoms with E-state index in [1.165, 1.54) is 16.7 Å². The molecule has 0 amide bonds. The molecule has 0 atom stereocenters. The molecular weight excluding hydrogens is 284 g/mol. The predicted molar refractivity (Wildman–Crippen MR) is 90.1 cm³/mol. The van der Waals surface area contributed by atoms with E-state index in [4.69, 9.17) is 11.6 Å². The van der Waals surface area contributed by atoms with Crippen molar-refractivity contribution in [2.75, 3.05) is 0 Å². The molecule has 0 nitrogen and oxygen atoms in total. The fraction of sp³-hybridized carbons (Fsp3) is 0. The zero-order valence-electron chi connectivity index (χ0n) is 10.8. The summed E-state index contributed by atoms with van der Waals surface area (Å²) in [5, 5.41) is 4.82. The molecule has 0 bridgehead atoms. The van der Waals surface area contributed by atoms with E-state index in [-0.39, 0.29) is 0 Å². The Kier molecular flexibility index (Phi) is 4.00. The highest BCUT2D eigenvalue weighted by Crippen LogP contribution is 2.27. The first kappa shape index (κ1) is 13.2. The Morgan fingerprint density at radius 3 is 2.20 bits per heavy atom. The average molecular weight is 297 g/mol. The molecule has 0 unspecified atom stereocenters. The van der Waals surface area contributed by atoms with Crippen LogP contribution < -0.4 is 0 Å². The summed E-state index contributed by atoms with van der Waals surface area (Å²) in [5.41, 5.74) is 4.72. The molecule has 3 aromatic rings. The predicted octanol–water partition coefficient (Wildman–Crippen LogP) is 6.24. The lowest BCUT2D eigenvalue weighted by Gasteiger charge is -2.05. The molecule has 2 aromatic carbocycles. The van der Waals surface area contributed by atoms with Crippen LogP contribution in [-0.2, 0) is 0 Å². The van der Waals surface area contributed by atoms with E-state index in [9.17, 15) is 0 Å². The van der Waals surface area contributed by atoms with E-state index in [1.807, 2.05) is 11.4 Å². The molecule has 0 saturated heterocycles. The number of thiophene rings is 1. The van der Waals surface area contributed by atoms with Gasteiger partial charge in [0.15, 0.2) is 0 Å². The summed E-state index contributed by atoms with van der Waals surface area (Å²) in [5.74, 6) is 0. The molecular formula is C18H13ClS. The third-order valence-electron chi connectivity index (χ3n) is 3.13. The maximum Gasteiger partial charge on any atom is 0.0585 e. The number of hydrogen-bond donors (Lipinski definition) is 0. The lowest BCUT2D eigenvalue weighted by atomic mass is 9.99. The molecule has 98 valence electrons. The van der Waals surface area contributed by atoms with Crippen molar-refractivity contribution >= 4 is 35.1 Å². The van der Waals surface area contributed by atoms with Crippen LogP contribution in [0.2, 0.25) is 5.02 Å². The molecule has 0 aliphatic carbocycles. The van der Waals surface area contributed by atoms with Crippen molar-refractivity contribution < 1.29 is 0 Å². The molecule has 1 aromatic heterocycles. The van der Waals surface area contributed by atoms with Crippen LogP contribution in [0, 0.1) is 0 Å². The van der Waals surface area contributed by atoms with Crippen molar-refractivity contribution in [2.24, 2.45) is 0 Å². The second kappa shape index (κ2) is 6.08. The van der Waals surface area contributed by atoms with E-state index < -0.39 is 0 Å². The molecule has 0 radical (unpaired) electrons. The van der Waals surface area contributed by atoms with Gasteiger partial charge in [-0.2, -0.15) is 11.3 Å². The minimum atomic E-state index is 0.809. The molecule has 1 heterocycles. The Morgan fingerprint density at radius 2 is 1.45 bits per heavy atom. The van der Waals surface area contributed by atoms with Gasteiger partial charge in [0.05, 0.1) is 5.02 Å². The molecule has 0 fully saturated rings. The van der Waals surface area contributed by atoms with Crippen molar-refractivity contribution in [3.05, 3.63) is 81.5 Å². The van der Waals surface area contributed by atoms with E-state index in [1.54, 1.807) is 11.3 Å². The molecule has 0 N–H and O–H groups in total. The minimum absolute atomic E-state index is 0.809. The van der Waals surface area contributed by atoms with Gasteiger partial charge >= 0.3 is 0 Å². The van der Waals surface area contributed by atoms with Gasteiger partial charge in [0.2, 0.25) is 0 Å². The molecule has 0 aliphatic heterocycles. The first-order chi connectivity index (χ1) is 9.84. The molecule has 3 rings (SSSR count). The fourth-order valence-electron chi connectivity index (χ4n) is 2.11. The molecule has 0 aliphatic rings. The number of rotatable bonds is 3. The lowest BCUT2D eigenvalue weighted by Crippen LogP contribution is -1.82. The number of benzene rings is 2. The Labute approximate surface area is 128 Å². The van der Waals surface area contributed by atoms with Gasteiger partial charge < -0.3 is 0 Å². The molecule has 0 spiro atoms. The van der Waals surface area contributed by atoms with Crippen LogP contribution in [-0.4, -0.2) is 0 Å². The minimum Gasteiger partial charge on any atom is -0.150 e. The quantitative estimate of drug-likeness (QED) is 0.537. The normalized spacial score (nSPS) is 11.1. The summed E-state index contributed by atoms with van der Waals surface area (Å²) in [7, 11) is 0. The smallest absolute Gasteiger partial charge is 0.0585 e. The summed E-state index contributed by atoms with van der Waals surface area (Å²) < 4.78 is 0. The summed E-state index contributed by atoms with van der Waals surface area (Å²) in [6.45, 7) is 0. The Bertz CT molecular complexity index is 726. The van der Waals surface area contributed by atoms with Crippen molar-refractivity contribution in [3.63, 3.8) is 0 Å². The van der Waals surface area contributed by atoms with E-state index in [2.05, 4.69) is 66.1 Å². The largest absolute Gasteiger partial charge is 0.150 e. The highest BCUT2D eigenvalue weighted by molar-refractivity contribution is 7.08. The summed E-state index contributed by atoms with van der Waals surface area (Å²) in [6, 6.07) is 18.8. The third-order valence-corrected chi connectivity index (χ3v) is 4.35. The summed E-state index contributed by atoms with van der Waals surface area (Å²) >= 11 is 7.74. The number of halogens is 1. The second-order valence-corrected chi connectivity index (χ2v) is 5.61. The van der Waals surface area contributed by atoms with E-state index in [0.717, 1.165) is 10.6 Å². The highest BCUT2D eigenvalue weighted by Gasteiger charge is 2.02. The monoisotopic (exact) mass is 296 g/mol. The zero-order valence-corrected chi connectivity index (χ0v) is 12.4. The van der Waals surface area contributed by atoms with E-state index in [0.29, 0.717) is 0 Å². The van der Waals surface area contributed by atoms with Gasteiger partial charge in [-0.05, 0) is 22.1 Å². The van der Waals surface area contributed by atoms with Gasteiger partial charge in [-0.25, -0.2) is 0 Å². The van der Waals surface area contributed by atoms with Crippen LogP contribution in [0.1, 0.15) is 11.1 Å². The summed E-state index contributed by atoms with van der Waals surface area (Å²) in [4.78, 5) is 0. The maximum absolute atomic E-state index is 6.12. The molecule has 0 saturated carbocycles. The number of hydrogen-bond acceptors (Lipinski definition) is 1. The van der Waals surface area contributed by atoms with Gasteiger partial charge in [0.1, 0.15) is 0 Å². The van der Waals surface area contributed by atoms with Gasteiger partial charge in [-0.15, -0.1) is 0 Å². The first-order valence-electron chi connectivity index (χ1n) is 6.39. The van der Waals surface area contributed by atoms with Crippen LogP contribution in [0.4, 0.5) is 0 Å². The van der Waals surface area contributed by atoms with E-state index >= 15 is 0 Å². The SMILES string of the molecule is Clc1cscc1C=Cc1ccccc1-c1ccccc1. The standard InChI is InChI=1S/C18H13ClS/c19-18-13-20-12-16(18)11-10-15-8-4-5-9-17(15)14-6-2-1-3-7-14/h1-13H. The van der Waals surface area contributed by atoms with Crippen LogP contribution in [0.5, 0.6) is 0 Å². The molecule has 2 heteroatoms. The van der Waals surface area contributed by atoms with Crippen LogP contribution in [0.25, 0.3) is 23.3 Å². The van der Waals surface area contributed by atoms with Gasteiger partial charge in [0.25, 0.3) is 0 Å². The highest BCUT2D eigenvalue weighted by atomic mass is 35.5. The molecule has 20 heavy (non-hydrogen) atoms. The van der Waals surface area contributed by atoms with Crippen molar-refractivity contribution in [2.45, 2.75) is 0 Å². The van der Waals surface area contributed by atoms with Crippen LogP contribution in [0.3, 0.4) is 0 Å². The zero-order chi connectivity index (χ0) is 13.8. The van der Waals surface area contributed by atoms with Crippen LogP contribution in [0.15, 0.2) is 65.4 Å². The second-order valence-electron chi connectivity index (χ2n) is 4.46. The Balaban J connectivity index is 1.99. The third kappa shape index (κ3) is 2.84. The average Bonchev–Trinajstić information content (AvgIpc) is 2.92. The Hall–Kier alpha value is -1.83. The van der Waals surface area contributed by atoms with Crippen molar-refractivity contribution in [1.82, 2.24) is 0 Å². The maximum atomic E-state index is 6.12. The van der Waals surface area contributed by atoms with Crippen LogP contribution >= 0.6 is 22.9 Å². The lowest BCUT2D eigenvalue weighted by molar-refractivity contribution is 1.59. The first-order valence-corrected chi connectivity index (χ1v) is 7.71. The fourth-order valence-corrected chi connectivity index (χ4v) is 3.13. The van der Waals surface area contributed by atoms with Crippen molar-refractivity contribution in [1.29, 1.82) is 0 Å². The van der Waals surface area contributed by atoms with Gasteiger partial charge in [0, 0.05) is 10.9 Å². The van der Waals surface area contributed by atoms with Gasteiger partial charge in [-0.1, -0.05) is 78.4 Å². The summed E-state index contributed by atoms with van der Waals surface area (Å²) in [6.07, 6.45) is 4.19. The Morgan fingerprint density at radius 1 is 0.750 bits per heavy atom. The van der Waals surface area contributed by atoms with Crippen molar-refractivity contribution in [3.8, 4) is 11.1 Å². The topological polar surface area (TPSA) is 0 Å².